The van der Waals surface area contributed by atoms with Crippen molar-refractivity contribution in [2.24, 2.45) is 0 Å². The Hall–Kier alpha value is -3.35. The Morgan fingerprint density at radius 1 is 0.971 bits per heavy atom. The molecule has 0 saturated heterocycles. The summed E-state index contributed by atoms with van der Waals surface area (Å²) < 4.78 is 11.6. The van der Waals surface area contributed by atoms with Gasteiger partial charge in [-0.25, -0.2) is 4.79 Å². The second-order valence-electron chi connectivity index (χ2n) is 10.1. The van der Waals surface area contributed by atoms with Crippen LogP contribution in [0.1, 0.15) is 58.9 Å². The van der Waals surface area contributed by atoms with Crippen molar-refractivity contribution in [2.75, 3.05) is 7.11 Å². The first-order valence-electron chi connectivity index (χ1n) is 11.6. The minimum atomic E-state index is -1.63. The molecule has 35 heavy (non-hydrogen) atoms. The van der Waals surface area contributed by atoms with Gasteiger partial charge in [0, 0.05) is 11.1 Å². The van der Waals surface area contributed by atoms with Gasteiger partial charge < -0.3 is 19.4 Å². The van der Waals surface area contributed by atoms with E-state index < -0.39 is 20.6 Å². The van der Waals surface area contributed by atoms with Crippen LogP contribution < -0.4 is 9.16 Å². The third kappa shape index (κ3) is 4.51. The molecule has 1 radical (unpaired) electrons. The summed E-state index contributed by atoms with van der Waals surface area (Å²) in [4.78, 5) is 12.2. The van der Waals surface area contributed by atoms with E-state index in [2.05, 4.69) is 46.0 Å². The molecule has 1 aliphatic carbocycles. The Morgan fingerprint density at radius 3 is 2.23 bits per heavy atom. The molecule has 1 unspecified atom stereocenters. The molecular weight excluding hydrogens is 456 g/mol. The highest BCUT2D eigenvalue weighted by molar-refractivity contribution is 6.49. The minimum Gasteiger partial charge on any atom is -0.542 e. The molecule has 0 saturated carbocycles. The summed E-state index contributed by atoms with van der Waals surface area (Å²) in [5, 5.41) is 22.1. The van der Waals surface area contributed by atoms with E-state index >= 15 is 0 Å². The van der Waals surface area contributed by atoms with Crippen molar-refractivity contribution >= 4 is 20.6 Å². The van der Waals surface area contributed by atoms with Crippen LogP contribution in [-0.2, 0) is 11.0 Å². The highest BCUT2D eigenvalue weighted by Crippen LogP contribution is 2.49. The van der Waals surface area contributed by atoms with Crippen LogP contribution in [-0.4, -0.2) is 32.3 Å². The first kappa shape index (κ1) is 24.8. The van der Waals surface area contributed by atoms with Crippen molar-refractivity contribution in [2.45, 2.75) is 44.9 Å². The van der Waals surface area contributed by atoms with Gasteiger partial charge in [0.1, 0.15) is 17.1 Å². The molecule has 1 atom stereocenters. The van der Waals surface area contributed by atoms with Gasteiger partial charge in [-0.15, -0.1) is 0 Å². The highest BCUT2D eigenvalue weighted by Gasteiger charge is 2.42. The SMILES string of the molecule is COc1ccc(C2(O)C=C(c3ccc(C(C)(C)C)cc3O[Si](C)C)c3cccc(C(=O)O)c32)cc1. The lowest BCUT2D eigenvalue weighted by Crippen LogP contribution is -2.25. The number of aliphatic hydroxyl groups is 1. The molecule has 0 amide bonds. The van der Waals surface area contributed by atoms with Crippen LogP contribution in [0.15, 0.2) is 66.7 Å². The van der Waals surface area contributed by atoms with Crippen molar-refractivity contribution in [3.05, 3.63) is 100 Å². The molecule has 3 aromatic rings. The van der Waals surface area contributed by atoms with Gasteiger partial charge in [-0.05, 0) is 71.1 Å². The number of hydrogen-bond acceptors (Lipinski definition) is 4. The molecule has 4 rings (SSSR count). The molecule has 6 heteroatoms. The molecular formula is C29H31O5Si. The average Bonchev–Trinajstić information content (AvgIpc) is 3.12. The Kier molecular flexibility index (Phi) is 6.38. The lowest BCUT2D eigenvalue weighted by atomic mass is 9.84. The lowest BCUT2D eigenvalue weighted by Gasteiger charge is -2.25. The van der Waals surface area contributed by atoms with Gasteiger partial charge in [-0.3, -0.25) is 0 Å². The summed E-state index contributed by atoms with van der Waals surface area (Å²) in [6.07, 6.45) is 1.75. The van der Waals surface area contributed by atoms with Crippen molar-refractivity contribution in [1.82, 2.24) is 0 Å². The zero-order valence-corrected chi connectivity index (χ0v) is 22.0. The predicted octanol–water partition coefficient (Wildman–Crippen LogP) is 6.00. The topological polar surface area (TPSA) is 76.0 Å². The first-order chi connectivity index (χ1) is 16.5. The van der Waals surface area contributed by atoms with Gasteiger partial charge in [0.25, 0.3) is 9.04 Å². The van der Waals surface area contributed by atoms with Crippen LogP contribution in [0.5, 0.6) is 11.5 Å². The molecule has 0 fully saturated rings. The summed E-state index contributed by atoms with van der Waals surface area (Å²) in [5.41, 5.74) is 2.70. The highest BCUT2D eigenvalue weighted by atomic mass is 28.3. The quantitative estimate of drug-likeness (QED) is 0.417. The zero-order valence-electron chi connectivity index (χ0n) is 21.0. The molecule has 0 heterocycles. The molecule has 5 nitrogen and oxygen atoms in total. The van der Waals surface area contributed by atoms with Crippen LogP contribution in [0.3, 0.4) is 0 Å². The molecule has 0 bridgehead atoms. The Balaban J connectivity index is 1.99. The van der Waals surface area contributed by atoms with Gasteiger partial charge in [0.2, 0.25) is 0 Å². The van der Waals surface area contributed by atoms with Crippen LogP contribution in [0, 0.1) is 0 Å². The van der Waals surface area contributed by atoms with E-state index in [1.54, 1.807) is 43.5 Å². The number of rotatable bonds is 6. The fraction of sp³-hybridized carbons (Fsp3) is 0.276. The van der Waals surface area contributed by atoms with Gasteiger partial charge in [0.15, 0.2) is 0 Å². The van der Waals surface area contributed by atoms with E-state index in [9.17, 15) is 15.0 Å². The number of hydrogen-bond donors (Lipinski definition) is 2. The van der Waals surface area contributed by atoms with Crippen molar-refractivity contribution in [1.29, 1.82) is 0 Å². The van der Waals surface area contributed by atoms with Crippen molar-refractivity contribution in [3.63, 3.8) is 0 Å². The second kappa shape index (κ2) is 9.02. The van der Waals surface area contributed by atoms with Gasteiger partial charge >= 0.3 is 5.97 Å². The molecule has 0 aromatic heterocycles. The maximum Gasteiger partial charge on any atom is 0.336 e. The predicted molar refractivity (Wildman–Crippen MR) is 140 cm³/mol. The van der Waals surface area contributed by atoms with E-state index in [1.807, 2.05) is 12.1 Å². The number of carbonyl (C=O) groups is 1. The maximum absolute atomic E-state index is 12.2. The van der Waals surface area contributed by atoms with E-state index in [1.165, 1.54) is 6.07 Å². The molecule has 3 aromatic carbocycles. The maximum atomic E-state index is 12.2. The fourth-order valence-corrected chi connectivity index (χ4v) is 5.14. The molecule has 181 valence electrons. The standard InChI is InChI=1S/C29H31O5Si/c1-28(2,3)19-12-15-21(25(16-19)34-35(5)6)24-17-29(32,18-10-13-20(33-4)14-11-18)26-22(24)8-7-9-23(26)27(30)31/h7-17,32H,1-6H3,(H,30,31). The number of methoxy groups -OCH3 is 1. The van der Waals surface area contributed by atoms with Gasteiger partial charge in [-0.2, -0.15) is 0 Å². The average molecular weight is 488 g/mol. The van der Waals surface area contributed by atoms with Gasteiger partial charge in [0.05, 0.1) is 12.7 Å². The van der Waals surface area contributed by atoms with E-state index in [0.717, 1.165) is 22.4 Å². The fourth-order valence-electron chi connectivity index (χ4n) is 4.54. The van der Waals surface area contributed by atoms with Crippen LogP contribution >= 0.6 is 0 Å². The smallest absolute Gasteiger partial charge is 0.336 e. The normalized spacial score (nSPS) is 17.2. The third-order valence-electron chi connectivity index (χ3n) is 6.30. The minimum absolute atomic E-state index is 0.0622. The number of fused-ring (bicyclic) bond motifs is 1. The van der Waals surface area contributed by atoms with Crippen LogP contribution in [0.25, 0.3) is 5.57 Å². The second-order valence-corrected chi connectivity index (χ2v) is 12.1. The third-order valence-corrected chi connectivity index (χ3v) is 6.93. The number of aromatic carboxylic acids is 1. The summed E-state index contributed by atoms with van der Waals surface area (Å²) in [5.74, 6) is 0.309. The number of ether oxygens (including phenoxy) is 1. The van der Waals surface area contributed by atoms with Crippen molar-refractivity contribution in [3.8, 4) is 11.5 Å². The van der Waals surface area contributed by atoms with Gasteiger partial charge in [-0.1, -0.05) is 57.2 Å². The Labute approximate surface area is 208 Å². The molecule has 0 aliphatic heterocycles. The number of carboxylic acid groups (broad SMARTS) is 1. The molecule has 0 spiro atoms. The largest absolute Gasteiger partial charge is 0.542 e. The zero-order chi connectivity index (χ0) is 25.5. The summed E-state index contributed by atoms with van der Waals surface area (Å²) >= 11 is 0. The van der Waals surface area contributed by atoms with Crippen LogP contribution in [0.2, 0.25) is 13.1 Å². The summed E-state index contributed by atoms with van der Waals surface area (Å²) in [6.45, 7) is 10.6. The van der Waals surface area contributed by atoms with E-state index in [0.29, 0.717) is 22.4 Å². The summed E-state index contributed by atoms with van der Waals surface area (Å²) in [6, 6.07) is 18.3. The first-order valence-corrected chi connectivity index (χ1v) is 14.0. The number of carboxylic acids is 1. The van der Waals surface area contributed by atoms with E-state index in [-0.39, 0.29) is 11.0 Å². The van der Waals surface area contributed by atoms with Crippen LogP contribution in [0.4, 0.5) is 0 Å². The lowest BCUT2D eigenvalue weighted by molar-refractivity contribution is 0.0683. The molecule has 1 aliphatic rings. The summed E-state index contributed by atoms with van der Waals surface area (Å²) in [7, 11) is 0.496. The Morgan fingerprint density at radius 2 is 1.66 bits per heavy atom. The Bertz CT molecular complexity index is 1300. The van der Waals surface area contributed by atoms with Crippen molar-refractivity contribution < 1.29 is 24.2 Å². The number of benzene rings is 3. The molecule has 2 N–H and O–H groups in total. The van der Waals surface area contributed by atoms with E-state index in [4.69, 9.17) is 9.16 Å². The monoisotopic (exact) mass is 487 g/mol.